The molecular weight excluding hydrogens is 404 g/mol. The van der Waals surface area contributed by atoms with E-state index in [9.17, 15) is 9.90 Å². The summed E-state index contributed by atoms with van der Waals surface area (Å²) in [5.74, 6) is -0.168. The van der Waals surface area contributed by atoms with Crippen molar-refractivity contribution < 1.29 is 14.4 Å². The highest BCUT2D eigenvalue weighted by molar-refractivity contribution is 6.31. The Hall–Kier alpha value is -2.58. The smallest absolute Gasteiger partial charge is 0.274 e. The summed E-state index contributed by atoms with van der Waals surface area (Å²) in [6.07, 6.45) is 3.91. The summed E-state index contributed by atoms with van der Waals surface area (Å²) >= 11 is 5.88. The number of aryl methyl sites for hydroxylation is 1. The van der Waals surface area contributed by atoms with Gasteiger partial charge in [-0.1, -0.05) is 37.1 Å². The summed E-state index contributed by atoms with van der Waals surface area (Å²) < 4.78 is 0.774. The van der Waals surface area contributed by atoms with Gasteiger partial charge in [0.05, 0.1) is 27.2 Å². The molecule has 0 radical (unpaired) electrons. The molecule has 1 aromatic heterocycles. The Morgan fingerprint density at radius 3 is 2.50 bits per heavy atom. The maximum atomic E-state index is 12.6. The van der Waals surface area contributed by atoms with Crippen molar-refractivity contribution in [2.75, 3.05) is 38.7 Å². The fraction of sp³-hybridized carbons (Fsp3) is 0.476. The number of aromatic hydroxyl groups is 1. The number of halogens is 1. The molecule has 0 spiro atoms. The number of hydrogen-bond donors (Lipinski definition) is 4. The number of hydrogen-bond acceptors (Lipinski definition) is 6. The van der Waals surface area contributed by atoms with Gasteiger partial charge in [-0.2, -0.15) is 0 Å². The van der Waals surface area contributed by atoms with Gasteiger partial charge < -0.3 is 26.4 Å². The average Bonchev–Trinajstić information content (AvgIpc) is 2.69. The lowest BCUT2D eigenvalue weighted by Gasteiger charge is -2.38. The van der Waals surface area contributed by atoms with Crippen molar-refractivity contribution in [3.8, 4) is 5.75 Å². The first-order valence-electron chi connectivity index (χ1n) is 10.1. The van der Waals surface area contributed by atoms with Crippen LogP contribution in [0.25, 0.3) is 0 Å². The number of carbonyl (C=O) groups excluding carboxylic acids is 1. The van der Waals surface area contributed by atoms with Crippen molar-refractivity contribution in [3.63, 3.8) is 0 Å². The van der Waals surface area contributed by atoms with Crippen molar-refractivity contribution in [2.24, 2.45) is 0 Å². The Kier molecular flexibility index (Phi) is 8.25. The van der Waals surface area contributed by atoms with E-state index < -0.39 is 5.91 Å². The molecule has 1 aromatic carbocycles. The van der Waals surface area contributed by atoms with E-state index in [-0.39, 0.29) is 34.3 Å². The molecule has 0 aliphatic rings. The number of nitrogens with zero attached hydrogens (tertiary/aromatic N) is 3. The third kappa shape index (κ3) is 6.47. The predicted molar refractivity (Wildman–Crippen MR) is 120 cm³/mol. The zero-order chi connectivity index (χ0) is 22.3. The highest BCUT2D eigenvalue weighted by Gasteiger charge is 2.28. The standard InChI is InChI=1S/C21H31ClN6O2/c1-4-6-15(13-25-21(30)17-19(23)27-20(24)18(22)26-17)28(2,3)12-5-7-14-8-10-16(29)11-9-14/h8-11,15H,4-7,12-13H2,1-3H3,(H5-,23,24,25,27,29,30)/p+1/t15-/m0/s1. The second-order valence-electron chi connectivity index (χ2n) is 8.06. The molecule has 0 aliphatic carbocycles. The van der Waals surface area contributed by atoms with Gasteiger partial charge in [0, 0.05) is 12.8 Å². The third-order valence-corrected chi connectivity index (χ3v) is 5.64. The monoisotopic (exact) mass is 435 g/mol. The lowest BCUT2D eigenvalue weighted by atomic mass is 10.1. The molecular formula is C21H32ClN6O2+. The van der Waals surface area contributed by atoms with Crippen molar-refractivity contribution in [1.29, 1.82) is 0 Å². The molecule has 0 aliphatic heterocycles. The summed E-state index contributed by atoms with van der Waals surface area (Å²) in [5, 5.41) is 12.3. The quantitative estimate of drug-likeness (QED) is 0.425. The summed E-state index contributed by atoms with van der Waals surface area (Å²) in [6.45, 7) is 3.58. The van der Waals surface area contributed by atoms with Gasteiger partial charge in [0.25, 0.3) is 5.91 Å². The van der Waals surface area contributed by atoms with E-state index in [4.69, 9.17) is 23.1 Å². The van der Waals surface area contributed by atoms with Gasteiger partial charge in [0.15, 0.2) is 22.5 Å². The zero-order valence-corrected chi connectivity index (χ0v) is 18.6. The number of likely N-dealkylation sites (N-methyl/N-ethyl adjacent to an activating group) is 1. The first-order chi connectivity index (χ1) is 14.1. The van der Waals surface area contributed by atoms with Gasteiger partial charge in [-0.3, -0.25) is 4.79 Å². The van der Waals surface area contributed by atoms with Crippen LogP contribution < -0.4 is 16.8 Å². The molecule has 9 heteroatoms. The molecule has 0 saturated carbocycles. The van der Waals surface area contributed by atoms with E-state index in [1.54, 1.807) is 12.1 Å². The van der Waals surface area contributed by atoms with E-state index >= 15 is 0 Å². The largest absolute Gasteiger partial charge is 0.508 e. The molecule has 1 amide bonds. The molecule has 2 aromatic rings. The molecule has 0 fully saturated rings. The van der Waals surface area contributed by atoms with Gasteiger partial charge in [-0.25, -0.2) is 9.97 Å². The van der Waals surface area contributed by atoms with E-state index in [1.165, 1.54) is 5.56 Å². The number of nitrogens with two attached hydrogens (primary N) is 2. The Morgan fingerprint density at radius 1 is 1.20 bits per heavy atom. The number of phenolic OH excluding ortho intramolecular Hbond substituents is 1. The van der Waals surface area contributed by atoms with Crippen LogP contribution in [0.4, 0.5) is 11.6 Å². The lowest BCUT2D eigenvalue weighted by molar-refractivity contribution is -0.914. The summed E-state index contributed by atoms with van der Waals surface area (Å²) in [4.78, 5) is 20.4. The number of nitrogens with one attached hydrogen (secondary N) is 1. The molecule has 30 heavy (non-hydrogen) atoms. The number of amides is 1. The molecule has 0 unspecified atom stereocenters. The van der Waals surface area contributed by atoms with Gasteiger partial charge in [0.1, 0.15) is 11.8 Å². The Bertz CT molecular complexity index is 857. The second kappa shape index (κ2) is 10.4. The van der Waals surface area contributed by atoms with Crippen molar-refractivity contribution in [2.45, 2.75) is 38.6 Å². The maximum Gasteiger partial charge on any atom is 0.274 e. The van der Waals surface area contributed by atoms with E-state index in [2.05, 4.69) is 36.3 Å². The van der Waals surface area contributed by atoms with Crippen LogP contribution in [0.3, 0.4) is 0 Å². The molecule has 0 bridgehead atoms. The average molecular weight is 436 g/mol. The van der Waals surface area contributed by atoms with Crippen LogP contribution >= 0.6 is 11.6 Å². The fourth-order valence-electron chi connectivity index (χ4n) is 3.47. The van der Waals surface area contributed by atoms with E-state index in [0.717, 1.165) is 36.7 Å². The number of phenols is 1. The van der Waals surface area contributed by atoms with Crippen LogP contribution in [0, 0.1) is 0 Å². The number of carbonyl (C=O) groups is 1. The number of quaternary nitrogens is 1. The van der Waals surface area contributed by atoms with Crippen LogP contribution in [0.5, 0.6) is 5.75 Å². The Balaban J connectivity index is 1.96. The lowest BCUT2D eigenvalue weighted by Crippen LogP contribution is -2.54. The SMILES string of the molecule is CCC[C@@H](CNC(=O)c1nc(Cl)c(N)nc1N)[N+](C)(C)CCCc1ccc(O)cc1. The van der Waals surface area contributed by atoms with Crippen LogP contribution in [0.1, 0.15) is 42.2 Å². The minimum Gasteiger partial charge on any atom is -0.508 e. The number of rotatable bonds is 10. The normalized spacial score (nSPS) is 12.5. The van der Waals surface area contributed by atoms with Crippen LogP contribution in [0.2, 0.25) is 5.15 Å². The zero-order valence-electron chi connectivity index (χ0n) is 17.9. The van der Waals surface area contributed by atoms with Gasteiger partial charge >= 0.3 is 0 Å². The van der Waals surface area contributed by atoms with E-state index in [0.29, 0.717) is 6.54 Å². The Morgan fingerprint density at radius 2 is 1.87 bits per heavy atom. The summed E-state index contributed by atoms with van der Waals surface area (Å²) in [6, 6.07) is 7.55. The second-order valence-corrected chi connectivity index (χ2v) is 8.42. The number of anilines is 2. The molecule has 0 saturated heterocycles. The minimum absolute atomic E-state index is 0.000930. The molecule has 8 nitrogen and oxygen atoms in total. The van der Waals surface area contributed by atoms with Crippen LogP contribution in [0.15, 0.2) is 24.3 Å². The number of benzene rings is 1. The third-order valence-electron chi connectivity index (χ3n) is 5.36. The van der Waals surface area contributed by atoms with Gasteiger partial charge in [-0.05, 0) is 24.1 Å². The van der Waals surface area contributed by atoms with Crippen molar-refractivity contribution >= 4 is 29.1 Å². The molecule has 6 N–H and O–H groups in total. The van der Waals surface area contributed by atoms with Crippen molar-refractivity contribution in [3.05, 3.63) is 40.7 Å². The van der Waals surface area contributed by atoms with Gasteiger partial charge in [-0.15, -0.1) is 0 Å². The number of nitrogen functional groups attached to an aromatic ring is 2. The van der Waals surface area contributed by atoms with Crippen molar-refractivity contribution in [1.82, 2.24) is 15.3 Å². The molecule has 2 rings (SSSR count). The number of aromatic nitrogens is 2. The molecule has 1 heterocycles. The maximum absolute atomic E-state index is 12.6. The summed E-state index contributed by atoms with van der Waals surface area (Å²) in [5.41, 5.74) is 12.5. The first kappa shape index (κ1) is 23.7. The highest BCUT2D eigenvalue weighted by Crippen LogP contribution is 2.19. The first-order valence-corrected chi connectivity index (χ1v) is 10.5. The van der Waals surface area contributed by atoms with Crippen LogP contribution in [-0.2, 0) is 6.42 Å². The van der Waals surface area contributed by atoms with Crippen LogP contribution in [-0.4, -0.2) is 58.7 Å². The topological polar surface area (TPSA) is 127 Å². The minimum atomic E-state index is -0.410. The highest BCUT2D eigenvalue weighted by atomic mass is 35.5. The Labute approximate surface area is 182 Å². The fourth-order valence-corrected chi connectivity index (χ4v) is 3.60. The van der Waals surface area contributed by atoms with E-state index in [1.807, 2.05) is 12.1 Å². The molecule has 164 valence electrons. The van der Waals surface area contributed by atoms with Gasteiger partial charge in [0.2, 0.25) is 0 Å². The summed E-state index contributed by atoms with van der Waals surface area (Å²) in [7, 11) is 4.36. The molecule has 1 atom stereocenters. The predicted octanol–water partition coefficient (Wildman–Crippen LogP) is 2.61.